The number of ether oxygens (including phenoxy) is 1. The van der Waals surface area contributed by atoms with Crippen molar-refractivity contribution in [1.82, 2.24) is 9.55 Å². The summed E-state index contributed by atoms with van der Waals surface area (Å²) in [6.07, 6.45) is 6.75. The SMILES string of the molecule is O=C(O)C(CCn1cc(C(c2ccccc2)c2ccccc2)[nH]c1=O)Oc1cccc2c1CCC=C2. The van der Waals surface area contributed by atoms with Gasteiger partial charge in [-0.1, -0.05) is 84.9 Å². The number of hydrogen-bond donors (Lipinski definition) is 2. The molecule has 0 fully saturated rings. The standard InChI is InChI=1S/C30H28N2O4/c33-29(34)27(36-26-17-9-15-21-10-7-8-16-24(21)26)18-19-32-20-25(31-30(32)35)28(22-11-3-1-4-12-22)23-13-5-2-6-14-23/h1-7,9-15,17,20,27-28H,8,16,18-19H2,(H,31,35)(H,33,34). The number of nitrogens with zero attached hydrogens (tertiary/aromatic N) is 1. The molecule has 6 nitrogen and oxygen atoms in total. The molecule has 0 spiro atoms. The second-order valence-corrected chi connectivity index (χ2v) is 8.96. The molecule has 1 aliphatic rings. The smallest absolute Gasteiger partial charge is 0.344 e. The highest BCUT2D eigenvalue weighted by atomic mass is 16.5. The fourth-order valence-corrected chi connectivity index (χ4v) is 4.81. The molecule has 2 N–H and O–H groups in total. The number of carboxylic acid groups (broad SMARTS) is 1. The Labute approximate surface area is 209 Å². The zero-order valence-corrected chi connectivity index (χ0v) is 19.8. The number of nitrogens with one attached hydrogen (secondary N) is 1. The van der Waals surface area contributed by atoms with Crippen molar-refractivity contribution in [3.05, 3.63) is 130 Å². The largest absolute Gasteiger partial charge is 0.479 e. The van der Waals surface area contributed by atoms with E-state index in [-0.39, 0.29) is 24.6 Å². The van der Waals surface area contributed by atoms with Gasteiger partial charge in [0.1, 0.15) is 5.75 Å². The Balaban J connectivity index is 1.37. The van der Waals surface area contributed by atoms with Gasteiger partial charge in [-0.25, -0.2) is 9.59 Å². The van der Waals surface area contributed by atoms with Crippen molar-refractivity contribution in [2.24, 2.45) is 0 Å². The molecule has 0 saturated carbocycles. The molecule has 1 heterocycles. The molecule has 1 aromatic heterocycles. The molecular formula is C30H28N2O4. The van der Waals surface area contributed by atoms with E-state index in [2.05, 4.69) is 11.1 Å². The first-order chi connectivity index (χ1) is 17.6. The molecule has 1 atom stereocenters. The minimum absolute atomic E-state index is 0.142. The van der Waals surface area contributed by atoms with E-state index in [1.165, 1.54) is 4.57 Å². The van der Waals surface area contributed by atoms with Gasteiger partial charge in [-0.15, -0.1) is 0 Å². The zero-order valence-electron chi connectivity index (χ0n) is 19.8. The van der Waals surface area contributed by atoms with Gasteiger partial charge in [-0.3, -0.25) is 4.57 Å². The molecule has 3 aromatic carbocycles. The number of hydrogen-bond acceptors (Lipinski definition) is 3. The van der Waals surface area contributed by atoms with E-state index in [1.54, 1.807) is 6.20 Å². The topological polar surface area (TPSA) is 84.3 Å². The summed E-state index contributed by atoms with van der Waals surface area (Å²) >= 11 is 0. The van der Waals surface area contributed by atoms with E-state index in [9.17, 15) is 14.7 Å². The average Bonchev–Trinajstić information content (AvgIpc) is 3.27. The summed E-state index contributed by atoms with van der Waals surface area (Å²) in [5.41, 5.74) is 4.70. The van der Waals surface area contributed by atoms with Crippen LogP contribution < -0.4 is 10.4 Å². The number of aromatic amines is 1. The van der Waals surface area contributed by atoms with Gasteiger partial charge < -0.3 is 14.8 Å². The molecule has 36 heavy (non-hydrogen) atoms. The van der Waals surface area contributed by atoms with E-state index >= 15 is 0 Å². The van der Waals surface area contributed by atoms with Crippen LogP contribution in [0, 0.1) is 0 Å². The first-order valence-corrected chi connectivity index (χ1v) is 12.2. The summed E-state index contributed by atoms with van der Waals surface area (Å²) in [5.74, 6) is -0.592. The number of aryl methyl sites for hydroxylation is 1. The van der Waals surface area contributed by atoms with E-state index in [0.717, 1.165) is 40.8 Å². The van der Waals surface area contributed by atoms with Crippen molar-refractivity contribution < 1.29 is 14.6 Å². The summed E-state index contributed by atoms with van der Waals surface area (Å²) in [5, 5.41) is 9.84. The molecule has 5 rings (SSSR count). The number of carbonyl (C=O) groups is 1. The maximum atomic E-state index is 12.9. The minimum atomic E-state index is -1.06. The zero-order chi connectivity index (χ0) is 24.9. The van der Waals surface area contributed by atoms with Crippen LogP contribution in [0.1, 0.15) is 46.7 Å². The van der Waals surface area contributed by atoms with Crippen LogP contribution >= 0.6 is 0 Å². The van der Waals surface area contributed by atoms with Crippen molar-refractivity contribution in [3.63, 3.8) is 0 Å². The molecule has 0 bridgehead atoms. The molecule has 0 saturated heterocycles. The van der Waals surface area contributed by atoms with Crippen molar-refractivity contribution in [2.75, 3.05) is 0 Å². The lowest BCUT2D eigenvalue weighted by atomic mass is 9.89. The van der Waals surface area contributed by atoms with Crippen LogP contribution in [-0.4, -0.2) is 26.7 Å². The number of carboxylic acids is 1. The molecule has 182 valence electrons. The van der Waals surface area contributed by atoms with Crippen molar-refractivity contribution in [3.8, 4) is 5.75 Å². The summed E-state index contributed by atoms with van der Waals surface area (Å²) in [6.45, 7) is 0.220. The number of rotatable bonds is 9. The number of fused-ring (bicyclic) bond motifs is 1. The summed E-state index contributed by atoms with van der Waals surface area (Å²) in [7, 11) is 0. The quantitative estimate of drug-likeness (QED) is 0.343. The minimum Gasteiger partial charge on any atom is -0.479 e. The Kier molecular flexibility index (Phi) is 6.85. The number of imidazole rings is 1. The Morgan fingerprint density at radius 3 is 2.33 bits per heavy atom. The van der Waals surface area contributed by atoms with E-state index < -0.39 is 12.1 Å². The van der Waals surface area contributed by atoms with E-state index in [0.29, 0.717) is 5.75 Å². The predicted octanol–water partition coefficient (Wildman–Crippen LogP) is 5.24. The molecule has 6 heteroatoms. The molecule has 0 aliphatic heterocycles. The van der Waals surface area contributed by atoms with Crippen molar-refractivity contribution >= 4 is 12.0 Å². The summed E-state index contributed by atoms with van der Waals surface area (Å²) in [6, 6.07) is 25.7. The first-order valence-electron chi connectivity index (χ1n) is 12.2. The van der Waals surface area contributed by atoms with Gasteiger partial charge in [0.2, 0.25) is 0 Å². The number of aliphatic carboxylic acids is 1. The second kappa shape index (κ2) is 10.5. The van der Waals surface area contributed by atoms with Crippen LogP contribution in [0.15, 0.2) is 95.9 Å². The third kappa shape index (κ3) is 5.03. The Hall–Kier alpha value is -4.32. The lowest BCUT2D eigenvalue weighted by molar-refractivity contribution is -0.145. The molecule has 0 radical (unpaired) electrons. The van der Waals surface area contributed by atoms with Crippen LogP contribution in [0.5, 0.6) is 5.75 Å². The van der Waals surface area contributed by atoms with Crippen LogP contribution in [0.2, 0.25) is 0 Å². The number of aromatic nitrogens is 2. The summed E-state index contributed by atoms with van der Waals surface area (Å²) in [4.78, 5) is 27.9. The van der Waals surface area contributed by atoms with Gasteiger partial charge >= 0.3 is 11.7 Å². The van der Waals surface area contributed by atoms with Crippen LogP contribution in [0.4, 0.5) is 0 Å². The molecule has 1 unspecified atom stereocenters. The highest BCUT2D eigenvalue weighted by Crippen LogP contribution is 2.31. The van der Waals surface area contributed by atoms with Gasteiger partial charge in [0, 0.05) is 30.4 Å². The normalized spacial score (nSPS) is 13.4. The highest BCUT2D eigenvalue weighted by molar-refractivity contribution is 5.73. The van der Waals surface area contributed by atoms with E-state index in [1.807, 2.05) is 84.9 Å². The van der Waals surface area contributed by atoms with Gasteiger partial charge in [0.15, 0.2) is 6.10 Å². The van der Waals surface area contributed by atoms with Crippen molar-refractivity contribution in [1.29, 1.82) is 0 Å². The van der Waals surface area contributed by atoms with Gasteiger partial charge in [-0.05, 0) is 35.6 Å². The lowest BCUT2D eigenvalue weighted by Gasteiger charge is -2.20. The highest BCUT2D eigenvalue weighted by Gasteiger charge is 2.24. The van der Waals surface area contributed by atoms with Crippen molar-refractivity contribution in [2.45, 2.75) is 37.8 Å². The fraction of sp³-hybridized carbons (Fsp3) is 0.200. The van der Waals surface area contributed by atoms with Gasteiger partial charge in [0.25, 0.3) is 0 Å². The van der Waals surface area contributed by atoms with Crippen LogP contribution in [0.3, 0.4) is 0 Å². The Morgan fingerprint density at radius 2 is 1.67 bits per heavy atom. The van der Waals surface area contributed by atoms with Crippen LogP contribution in [-0.2, 0) is 17.8 Å². The second-order valence-electron chi connectivity index (χ2n) is 8.96. The Bertz CT molecular complexity index is 1380. The number of H-pyrrole nitrogens is 1. The Morgan fingerprint density at radius 1 is 0.972 bits per heavy atom. The average molecular weight is 481 g/mol. The molecule has 4 aromatic rings. The monoisotopic (exact) mass is 480 g/mol. The molecule has 1 aliphatic carbocycles. The van der Waals surface area contributed by atoms with Gasteiger partial charge in [0.05, 0.1) is 5.92 Å². The third-order valence-electron chi connectivity index (χ3n) is 6.59. The maximum absolute atomic E-state index is 12.9. The van der Waals surface area contributed by atoms with Gasteiger partial charge in [-0.2, -0.15) is 0 Å². The number of allylic oxidation sites excluding steroid dienone is 1. The number of benzene rings is 3. The summed E-state index contributed by atoms with van der Waals surface area (Å²) < 4.78 is 7.51. The van der Waals surface area contributed by atoms with E-state index in [4.69, 9.17) is 4.74 Å². The third-order valence-corrected chi connectivity index (χ3v) is 6.59. The van der Waals surface area contributed by atoms with Crippen LogP contribution in [0.25, 0.3) is 6.08 Å². The fourth-order valence-electron chi connectivity index (χ4n) is 4.81. The predicted molar refractivity (Wildman–Crippen MR) is 139 cm³/mol. The lowest BCUT2D eigenvalue weighted by Crippen LogP contribution is -2.30. The molecular weight excluding hydrogens is 452 g/mol. The molecule has 0 amide bonds. The maximum Gasteiger partial charge on any atom is 0.344 e. The first kappa shape index (κ1) is 23.4.